The number of H-pyrrole nitrogens is 2. The van der Waals surface area contributed by atoms with Gasteiger partial charge in [-0.05, 0) is 37.0 Å². The van der Waals surface area contributed by atoms with E-state index in [-0.39, 0.29) is 11.9 Å². The number of nitrogens with one attached hydrogen (secondary N) is 5. The van der Waals surface area contributed by atoms with Gasteiger partial charge < -0.3 is 45.1 Å². The van der Waals surface area contributed by atoms with Crippen LogP contribution in [0, 0.1) is 0 Å². The number of carbonyl (C=O) groups is 4. The minimum atomic E-state index is -1.29. The van der Waals surface area contributed by atoms with E-state index >= 15 is 0 Å². The highest BCUT2D eigenvalue weighted by Crippen LogP contribution is 2.35. The molecule has 4 heterocycles. The van der Waals surface area contributed by atoms with Gasteiger partial charge >= 0.3 is 12.2 Å². The van der Waals surface area contributed by atoms with E-state index in [0.717, 1.165) is 17.5 Å². The number of amides is 4. The fraction of sp³-hybridized carbons (Fsp3) is 0.225. The highest BCUT2D eigenvalue weighted by molar-refractivity contribution is 5.88. The third-order valence-corrected chi connectivity index (χ3v) is 9.50. The van der Waals surface area contributed by atoms with E-state index in [1.807, 2.05) is 30.3 Å². The van der Waals surface area contributed by atoms with Crippen molar-refractivity contribution in [1.82, 2.24) is 45.8 Å². The fourth-order valence-electron chi connectivity index (χ4n) is 6.71. The van der Waals surface area contributed by atoms with Crippen LogP contribution in [0.2, 0.25) is 0 Å². The Labute approximate surface area is 320 Å². The molecule has 16 heteroatoms. The summed E-state index contributed by atoms with van der Waals surface area (Å²) in [5, 5.41) is 17.3. The van der Waals surface area contributed by atoms with E-state index < -0.39 is 36.2 Å². The summed E-state index contributed by atoms with van der Waals surface area (Å²) in [6.45, 7) is 2.24. The minimum Gasteiger partial charge on any atom is -0.465 e. The van der Waals surface area contributed by atoms with Crippen LogP contribution in [0.4, 0.5) is 9.59 Å². The van der Waals surface area contributed by atoms with Crippen molar-refractivity contribution in [2.75, 3.05) is 13.7 Å². The maximum absolute atomic E-state index is 13.7. The van der Waals surface area contributed by atoms with Crippen molar-refractivity contribution in [3.05, 3.63) is 126 Å². The van der Waals surface area contributed by atoms with Crippen LogP contribution in [0.5, 0.6) is 0 Å². The molecule has 56 heavy (non-hydrogen) atoms. The number of hydrogen-bond acceptors (Lipinski definition) is 9. The molecule has 6 N–H and O–H groups in total. The van der Waals surface area contributed by atoms with E-state index in [1.165, 1.54) is 7.11 Å². The summed E-state index contributed by atoms with van der Waals surface area (Å²) in [5.74, 6) is 1.08. The molecular weight excluding hydrogens is 718 g/mol. The van der Waals surface area contributed by atoms with Crippen LogP contribution in [0.1, 0.15) is 66.7 Å². The quantitative estimate of drug-likeness (QED) is 0.0846. The smallest absolute Gasteiger partial charge is 0.407 e. The lowest BCUT2D eigenvalue weighted by Gasteiger charge is -2.28. The van der Waals surface area contributed by atoms with Crippen molar-refractivity contribution in [3.63, 3.8) is 0 Å². The Bertz CT molecular complexity index is 2320. The van der Waals surface area contributed by atoms with Gasteiger partial charge in [0.15, 0.2) is 5.76 Å². The molecular formula is C40H39N9O7. The van der Waals surface area contributed by atoms with Gasteiger partial charge in [0.05, 0.1) is 43.5 Å². The van der Waals surface area contributed by atoms with Crippen LogP contribution >= 0.6 is 0 Å². The van der Waals surface area contributed by atoms with Crippen LogP contribution in [-0.2, 0) is 14.3 Å². The van der Waals surface area contributed by atoms with Crippen molar-refractivity contribution >= 4 is 24.0 Å². The second-order valence-electron chi connectivity index (χ2n) is 13.2. The summed E-state index contributed by atoms with van der Waals surface area (Å²) >= 11 is 0. The maximum Gasteiger partial charge on any atom is 0.407 e. The Kier molecular flexibility index (Phi) is 10.9. The largest absolute Gasteiger partial charge is 0.465 e. The number of likely N-dealkylation sites (tertiary alicyclic amines) is 1. The number of aromatic amines is 2. The van der Waals surface area contributed by atoms with Crippen LogP contribution in [-0.4, -0.2) is 72.6 Å². The molecule has 6 aromatic rings. The van der Waals surface area contributed by atoms with Crippen LogP contribution in [0.15, 0.2) is 108 Å². The molecule has 3 aromatic carbocycles. The monoisotopic (exact) mass is 757 g/mol. The highest BCUT2D eigenvalue weighted by atomic mass is 16.5. The van der Waals surface area contributed by atoms with Crippen molar-refractivity contribution < 1.29 is 33.4 Å². The molecule has 0 saturated carbocycles. The van der Waals surface area contributed by atoms with Gasteiger partial charge in [-0.25, -0.2) is 24.5 Å². The second-order valence-corrected chi connectivity index (χ2v) is 13.2. The van der Waals surface area contributed by atoms with Gasteiger partial charge in [-0.15, -0.1) is 0 Å². The molecule has 0 bridgehead atoms. The van der Waals surface area contributed by atoms with Crippen molar-refractivity contribution in [2.45, 2.75) is 43.9 Å². The third-order valence-electron chi connectivity index (χ3n) is 9.50. The number of benzene rings is 3. The van der Waals surface area contributed by atoms with Gasteiger partial charge in [0.1, 0.15) is 29.4 Å². The summed E-state index contributed by atoms with van der Waals surface area (Å²) in [7, 11) is 1.23. The van der Waals surface area contributed by atoms with E-state index in [4.69, 9.17) is 9.15 Å². The first kappa shape index (κ1) is 37.1. The highest BCUT2D eigenvalue weighted by Gasteiger charge is 2.37. The Morgan fingerprint density at radius 2 is 1.52 bits per heavy atom. The summed E-state index contributed by atoms with van der Waals surface area (Å²) in [5.41, 5.74) is 3.95. The number of oxazole rings is 1. The van der Waals surface area contributed by atoms with Gasteiger partial charge in [0.25, 0.3) is 5.91 Å². The Balaban J connectivity index is 1.03. The number of rotatable bonds is 12. The first-order valence-corrected chi connectivity index (χ1v) is 17.9. The lowest BCUT2D eigenvalue weighted by molar-refractivity contribution is -0.134. The summed E-state index contributed by atoms with van der Waals surface area (Å²) < 4.78 is 10.9. The van der Waals surface area contributed by atoms with Crippen LogP contribution < -0.4 is 16.0 Å². The molecule has 1 aliphatic rings. The SMILES string of the molecule is COC(=O)N[C@@H](C(=O)N[C@@H](C)c1ncc(-c2cccc(-c3cnc(-c4cnc([C@@H]5CCCN5C(=O)[C@H](NC(=O)O)c5ccccc5)[nH]4)o3)c2)[nH]1)c1ccccc1. The zero-order valence-corrected chi connectivity index (χ0v) is 30.4. The number of nitrogens with zero attached hydrogens (tertiary/aromatic N) is 4. The Hall–Kier alpha value is -7.23. The Morgan fingerprint density at radius 1 is 0.821 bits per heavy atom. The van der Waals surface area contributed by atoms with Crippen LogP contribution in [0.3, 0.4) is 0 Å². The third kappa shape index (κ3) is 8.13. The molecule has 7 rings (SSSR count). The number of methoxy groups -OCH3 is 1. The molecule has 0 radical (unpaired) electrons. The van der Waals surface area contributed by atoms with Gasteiger partial charge in [-0.1, -0.05) is 78.9 Å². The van der Waals surface area contributed by atoms with E-state index in [2.05, 4.69) is 40.9 Å². The lowest BCUT2D eigenvalue weighted by atomic mass is 10.1. The summed E-state index contributed by atoms with van der Waals surface area (Å²) in [4.78, 5) is 72.4. The number of alkyl carbamates (subject to hydrolysis) is 1. The van der Waals surface area contributed by atoms with E-state index in [9.17, 15) is 24.3 Å². The standard InChI is InChI=1S/C40H39N9O7/c1-23(44-36(50)32(48-40(54)55-2)24-11-5-3-6-12-24)34-41-20-28(45-34)26-15-9-16-27(19-26)31-22-43-37(56-31)29-21-42-35(46-29)30-17-10-18-49(30)38(51)33(47-39(52)53)25-13-7-4-8-14-25/h3-9,11-16,19-23,30,32-33,47H,10,17-18H2,1-2H3,(H,41,45)(H,42,46)(H,44,50)(H,48,54)(H,52,53)/t23-,30-,32+,33+/m0/s1. The van der Waals surface area contributed by atoms with Crippen molar-refractivity contribution in [1.29, 1.82) is 0 Å². The molecule has 286 valence electrons. The average molecular weight is 758 g/mol. The first-order chi connectivity index (χ1) is 27.2. The number of ether oxygens (including phenoxy) is 1. The number of carboxylic acid groups (broad SMARTS) is 1. The normalized spacial score (nSPS) is 15.4. The van der Waals surface area contributed by atoms with Crippen LogP contribution in [0.25, 0.3) is 34.2 Å². The van der Waals surface area contributed by atoms with E-state index in [0.29, 0.717) is 58.8 Å². The molecule has 3 aromatic heterocycles. The Morgan fingerprint density at radius 3 is 2.23 bits per heavy atom. The average Bonchev–Trinajstić information content (AvgIpc) is 4.06. The molecule has 1 saturated heterocycles. The maximum atomic E-state index is 13.7. The molecule has 1 aliphatic heterocycles. The van der Waals surface area contributed by atoms with Crippen molar-refractivity contribution in [3.8, 4) is 34.2 Å². The number of imidazole rings is 2. The van der Waals surface area contributed by atoms with Gasteiger partial charge in [0, 0.05) is 17.7 Å². The fourth-order valence-corrected chi connectivity index (χ4v) is 6.71. The predicted octanol–water partition coefficient (Wildman–Crippen LogP) is 6.07. The summed E-state index contributed by atoms with van der Waals surface area (Å²) in [6.07, 6.45) is 4.25. The molecule has 0 unspecified atom stereocenters. The first-order valence-electron chi connectivity index (χ1n) is 17.9. The molecule has 1 fully saturated rings. The van der Waals surface area contributed by atoms with Gasteiger partial charge in [0.2, 0.25) is 11.8 Å². The molecule has 0 spiro atoms. The lowest BCUT2D eigenvalue weighted by Crippen LogP contribution is -2.42. The summed E-state index contributed by atoms with van der Waals surface area (Å²) in [6, 6.07) is 22.3. The molecule has 4 amide bonds. The van der Waals surface area contributed by atoms with Crippen molar-refractivity contribution in [2.24, 2.45) is 0 Å². The zero-order chi connectivity index (χ0) is 39.2. The minimum absolute atomic E-state index is 0.304. The number of aromatic nitrogens is 5. The van der Waals surface area contributed by atoms with E-state index in [1.54, 1.807) is 85.0 Å². The predicted molar refractivity (Wildman–Crippen MR) is 202 cm³/mol. The number of hydrogen-bond donors (Lipinski definition) is 6. The molecule has 4 atom stereocenters. The topological polar surface area (TPSA) is 220 Å². The van der Waals surface area contributed by atoms with Gasteiger partial charge in [-0.3, -0.25) is 9.59 Å². The van der Waals surface area contributed by atoms with Gasteiger partial charge in [-0.2, -0.15) is 0 Å². The molecule has 16 nitrogen and oxygen atoms in total. The number of carbonyl (C=O) groups excluding carboxylic acids is 3. The molecule has 0 aliphatic carbocycles. The second kappa shape index (κ2) is 16.4. The zero-order valence-electron chi connectivity index (χ0n) is 30.4.